The zero-order valence-electron chi connectivity index (χ0n) is 16.2. The van der Waals surface area contributed by atoms with Crippen molar-refractivity contribution in [3.8, 4) is 0 Å². The molecule has 2 amide bonds. The maximum Gasteiger partial charge on any atom is 0.271 e. The summed E-state index contributed by atoms with van der Waals surface area (Å²) in [5.41, 5.74) is -0.330. The van der Waals surface area contributed by atoms with Crippen LogP contribution in [0.25, 0.3) is 0 Å². The minimum atomic E-state index is -1.16. The third-order valence-electron chi connectivity index (χ3n) is 4.70. The molecule has 162 valence electrons. The lowest BCUT2D eigenvalue weighted by molar-refractivity contribution is -0.384. The number of nitrogens with one attached hydrogen (secondary N) is 4. The van der Waals surface area contributed by atoms with Crippen LogP contribution in [-0.4, -0.2) is 26.7 Å². The molecule has 4 rings (SSSR count). The third-order valence-corrected chi connectivity index (χ3v) is 4.70. The second-order valence-corrected chi connectivity index (χ2v) is 6.91. The average Bonchev–Trinajstić information content (AvgIpc) is 2.74. The molecule has 0 fully saturated rings. The van der Waals surface area contributed by atoms with Crippen LogP contribution in [0.4, 0.5) is 33.2 Å². The Balaban J connectivity index is 1.62. The molecule has 0 saturated carbocycles. The Labute approximate surface area is 178 Å². The zero-order chi connectivity index (χ0) is 22.8. The van der Waals surface area contributed by atoms with E-state index in [1.165, 1.54) is 48.5 Å². The van der Waals surface area contributed by atoms with Crippen LogP contribution in [0.1, 0.15) is 17.9 Å². The van der Waals surface area contributed by atoms with E-state index in [4.69, 9.17) is 0 Å². The summed E-state index contributed by atoms with van der Waals surface area (Å²) in [5.74, 6) is -2.91. The minimum absolute atomic E-state index is 0.0135. The van der Waals surface area contributed by atoms with Gasteiger partial charge >= 0.3 is 0 Å². The number of carbonyl (C=O) groups is 2. The van der Waals surface area contributed by atoms with Gasteiger partial charge in [-0.05, 0) is 30.3 Å². The maximum absolute atomic E-state index is 13.1. The molecule has 3 aromatic rings. The van der Waals surface area contributed by atoms with Crippen LogP contribution in [0.3, 0.4) is 0 Å². The van der Waals surface area contributed by atoms with Crippen molar-refractivity contribution in [1.29, 1.82) is 0 Å². The van der Waals surface area contributed by atoms with E-state index < -0.39 is 34.0 Å². The van der Waals surface area contributed by atoms with E-state index >= 15 is 0 Å². The number of aromatic nitrogens is 2. The number of non-ortho nitro benzene ring substituents is 1. The topological polar surface area (TPSA) is 159 Å². The molecule has 0 unspecified atom stereocenters. The van der Waals surface area contributed by atoms with E-state index in [1.807, 2.05) is 0 Å². The Hall–Kier alpha value is -4.61. The second-order valence-electron chi connectivity index (χ2n) is 6.91. The number of nitro benzene ring substituents is 1. The summed E-state index contributed by atoms with van der Waals surface area (Å²) in [6, 6.07) is 10.6. The van der Waals surface area contributed by atoms with E-state index in [2.05, 4.69) is 25.9 Å². The molecule has 0 saturated heterocycles. The Morgan fingerprint density at radius 2 is 1.91 bits per heavy atom. The molecule has 0 bridgehead atoms. The Kier molecular flexibility index (Phi) is 5.33. The van der Waals surface area contributed by atoms with Crippen LogP contribution in [0, 0.1) is 15.9 Å². The first-order valence-corrected chi connectivity index (χ1v) is 9.32. The van der Waals surface area contributed by atoms with Crippen molar-refractivity contribution >= 4 is 40.6 Å². The van der Waals surface area contributed by atoms with Gasteiger partial charge in [-0.2, -0.15) is 4.98 Å². The Bertz CT molecular complexity index is 1290. The van der Waals surface area contributed by atoms with Crippen LogP contribution in [0.2, 0.25) is 0 Å². The standard InChI is InChI=1S/C20H15FN6O5/c21-10-4-6-11(7-5-10)23-20-25-17-16(19(30)26-20)14(9-15(28)24-17)18(29)22-12-2-1-3-13(8-12)27(31)32/h1-8,14H,9H2,(H,22,29)(H3,23,24,25,26,28,30)/t14-/m1/s1. The maximum atomic E-state index is 13.1. The van der Waals surface area contributed by atoms with E-state index in [-0.39, 0.29) is 35.1 Å². The number of H-pyrrole nitrogens is 1. The summed E-state index contributed by atoms with van der Waals surface area (Å²) >= 11 is 0. The van der Waals surface area contributed by atoms with Crippen LogP contribution >= 0.6 is 0 Å². The van der Waals surface area contributed by atoms with Gasteiger partial charge in [-0.15, -0.1) is 0 Å². The SMILES string of the molecule is O=C1C[C@@H](C(=O)Nc2cccc([N+](=O)[O-])c2)c2c(nc(Nc3ccc(F)cc3)[nH]c2=O)N1. The molecule has 2 aromatic carbocycles. The lowest BCUT2D eigenvalue weighted by Gasteiger charge is -2.23. The van der Waals surface area contributed by atoms with Gasteiger partial charge in [0, 0.05) is 29.9 Å². The predicted molar refractivity (Wildman–Crippen MR) is 112 cm³/mol. The quantitative estimate of drug-likeness (QED) is 0.352. The number of nitrogens with zero attached hydrogens (tertiary/aromatic N) is 2. The number of aromatic amines is 1. The zero-order valence-corrected chi connectivity index (χ0v) is 16.2. The van der Waals surface area contributed by atoms with Gasteiger partial charge in [0.05, 0.1) is 16.4 Å². The number of fused-ring (bicyclic) bond motifs is 1. The van der Waals surface area contributed by atoms with Gasteiger partial charge in [0.25, 0.3) is 11.2 Å². The van der Waals surface area contributed by atoms with Crippen molar-refractivity contribution in [2.24, 2.45) is 0 Å². The smallest absolute Gasteiger partial charge is 0.271 e. The molecular formula is C20H15FN6O5. The van der Waals surface area contributed by atoms with Crippen molar-refractivity contribution in [1.82, 2.24) is 9.97 Å². The summed E-state index contributed by atoms with van der Waals surface area (Å²) in [6.45, 7) is 0. The highest BCUT2D eigenvalue weighted by Crippen LogP contribution is 2.30. The molecule has 1 aromatic heterocycles. The van der Waals surface area contributed by atoms with Crippen molar-refractivity contribution in [2.75, 3.05) is 16.0 Å². The number of hydrogen-bond donors (Lipinski definition) is 4. The van der Waals surface area contributed by atoms with E-state index in [1.54, 1.807) is 0 Å². The van der Waals surface area contributed by atoms with Crippen molar-refractivity contribution < 1.29 is 18.9 Å². The number of benzene rings is 2. The molecule has 4 N–H and O–H groups in total. The van der Waals surface area contributed by atoms with Crippen molar-refractivity contribution in [3.63, 3.8) is 0 Å². The van der Waals surface area contributed by atoms with E-state index in [0.29, 0.717) is 5.69 Å². The van der Waals surface area contributed by atoms with Gasteiger partial charge in [0.15, 0.2) is 0 Å². The van der Waals surface area contributed by atoms with Crippen LogP contribution in [0.5, 0.6) is 0 Å². The molecule has 0 radical (unpaired) electrons. The lowest BCUT2D eigenvalue weighted by atomic mass is 9.92. The molecule has 0 aliphatic carbocycles. The fraction of sp³-hybridized carbons (Fsp3) is 0.100. The van der Waals surface area contributed by atoms with Gasteiger partial charge in [-0.3, -0.25) is 29.5 Å². The van der Waals surface area contributed by atoms with Crippen molar-refractivity contribution in [2.45, 2.75) is 12.3 Å². The predicted octanol–water partition coefficient (Wildman–Crippen LogP) is 2.63. The Morgan fingerprint density at radius 1 is 1.16 bits per heavy atom. The number of nitro groups is 1. The monoisotopic (exact) mass is 438 g/mol. The normalized spacial score (nSPS) is 14.8. The largest absolute Gasteiger partial charge is 0.326 e. The van der Waals surface area contributed by atoms with Gasteiger partial charge in [0.1, 0.15) is 11.6 Å². The number of halogens is 1. The number of rotatable bonds is 5. The third kappa shape index (κ3) is 4.28. The minimum Gasteiger partial charge on any atom is -0.326 e. The van der Waals surface area contributed by atoms with Gasteiger partial charge in [-0.25, -0.2) is 4.39 Å². The highest BCUT2D eigenvalue weighted by molar-refractivity contribution is 6.04. The van der Waals surface area contributed by atoms with Crippen LogP contribution in [-0.2, 0) is 9.59 Å². The fourth-order valence-electron chi connectivity index (χ4n) is 3.25. The average molecular weight is 438 g/mol. The second kappa shape index (κ2) is 8.26. The molecule has 0 spiro atoms. The van der Waals surface area contributed by atoms with Crippen LogP contribution in [0.15, 0.2) is 53.3 Å². The first kappa shape index (κ1) is 20.7. The highest BCUT2D eigenvalue weighted by Gasteiger charge is 2.35. The molecule has 32 heavy (non-hydrogen) atoms. The van der Waals surface area contributed by atoms with Gasteiger partial charge < -0.3 is 16.0 Å². The van der Waals surface area contributed by atoms with Gasteiger partial charge in [0.2, 0.25) is 17.8 Å². The van der Waals surface area contributed by atoms with E-state index in [9.17, 15) is 28.9 Å². The molecule has 1 atom stereocenters. The molecule has 11 nitrogen and oxygen atoms in total. The number of carbonyl (C=O) groups excluding carboxylic acids is 2. The summed E-state index contributed by atoms with van der Waals surface area (Å²) in [4.78, 5) is 54.7. The number of anilines is 4. The Morgan fingerprint density at radius 3 is 2.62 bits per heavy atom. The lowest BCUT2D eigenvalue weighted by Crippen LogP contribution is -2.36. The highest BCUT2D eigenvalue weighted by atomic mass is 19.1. The first-order chi connectivity index (χ1) is 15.3. The molecular weight excluding hydrogens is 423 g/mol. The van der Waals surface area contributed by atoms with Gasteiger partial charge in [-0.1, -0.05) is 6.07 Å². The van der Waals surface area contributed by atoms with Crippen molar-refractivity contribution in [3.05, 3.63) is 80.4 Å². The molecule has 12 heteroatoms. The number of amides is 2. The number of hydrogen-bond acceptors (Lipinski definition) is 7. The first-order valence-electron chi connectivity index (χ1n) is 9.32. The summed E-state index contributed by atoms with van der Waals surface area (Å²) in [6.07, 6.45) is -0.302. The molecule has 1 aliphatic heterocycles. The summed E-state index contributed by atoms with van der Waals surface area (Å²) < 4.78 is 13.1. The fourth-order valence-corrected chi connectivity index (χ4v) is 3.25. The molecule has 1 aliphatic rings. The van der Waals surface area contributed by atoms with Crippen LogP contribution < -0.4 is 21.5 Å². The molecule has 2 heterocycles. The summed E-state index contributed by atoms with van der Waals surface area (Å²) in [7, 11) is 0. The van der Waals surface area contributed by atoms with E-state index in [0.717, 1.165) is 0 Å². The summed E-state index contributed by atoms with van der Waals surface area (Å²) in [5, 5.41) is 18.7.